The van der Waals surface area contributed by atoms with E-state index in [0.717, 1.165) is 12.3 Å². The van der Waals surface area contributed by atoms with E-state index in [2.05, 4.69) is 30.5 Å². The van der Waals surface area contributed by atoms with Crippen LogP contribution in [0, 0.1) is 5.92 Å². The van der Waals surface area contributed by atoms with Crippen LogP contribution in [0.15, 0.2) is 12.4 Å². The van der Waals surface area contributed by atoms with Gasteiger partial charge >= 0.3 is 0 Å². The Hall–Kier alpha value is -0.480. The monoisotopic (exact) mass is 241 g/mol. The van der Waals surface area contributed by atoms with Crippen LogP contribution in [-0.2, 0) is 13.5 Å². The summed E-state index contributed by atoms with van der Waals surface area (Å²) in [7, 11) is 4.00. The Bertz CT molecular complexity index is 296. The smallest absolute Gasteiger partial charge is 0.0522 e. The van der Waals surface area contributed by atoms with Crippen LogP contribution in [0.1, 0.15) is 19.4 Å². The van der Waals surface area contributed by atoms with Crippen molar-refractivity contribution in [3.63, 3.8) is 0 Å². The van der Waals surface area contributed by atoms with Crippen LogP contribution in [-0.4, -0.2) is 34.4 Å². The number of likely N-dealkylation sites (N-methyl/N-ethyl adjacent to an activating group) is 1. The van der Waals surface area contributed by atoms with Crippen molar-refractivity contribution in [3.8, 4) is 0 Å². The second-order valence-corrected chi connectivity index (χ2v) is 5.72. The molecule has 0 saturated carbocycles. The molecule has 1 atom stereocenters. The molecule has 1 aromatic rings. The number of thioether (sulfide) groups is 1. The molecule has 0 saturated heterocycles. The summed E-state index contributed by atoms with van der Waals surface area (Å²) in [6.07, 6.45) is 5.12. The van der Waals surface area contributed by atoms with E-state index < -0.39 is 0 Å². The van der Waals surface area contributed by atoms with Crippen LogP contribution in [0.3, 0.4) is 0 Å². The van der Waals surface area contributed by atoms with E-state index in [9.17, 15) is 0 Å². The van der Waals surface area contributed by atoms with Gasteiger partial charge in [0.05, 0.1) is 6.20 Å². The molecule has 0 aromatic carbocycles. The molecule has 0 bridgehead atoms. The lowest BCUT2D eigenvalue weighted by molar-refractivity contribution is 0.615. The molecule has 3 nitrogen and oxygen atoms in total. The maximum atomic E-state index is 4.19. The molecular formula is C12H23N3S. The molecule has 0 aliphatic rings. The van der Waals surface area contributed by atoms with Crippen molar-refractivity contribution in [1.29, 1.82) is 0 Å². The fraction of sp³-hybridized carbons (Fsp3) is 0.750. The summed E-state index contributed by atoms with van der Waals surface area (Å²) in [5.74, 6) is 3.19. The zero-order chi connectivity index (χ0) is 12.0. The highest BCUT2D eigenvalue weighted by Gasteiger charge is 2.09. The quantitative estimate of drug-likeness (QED) is 0.791. The molecule has 1 heterocycles. The number of hydrogen-bond acceptors (Lipinski definition) is 3. The predicted octanol–water partition coefficient (Wildman–Crippen LogP) is 1.94. The third-order valence-electron chi connectivity index (χ3n) is 2.42. The second kappa shape index (κ2) is 6.97. The maximum absolute atomic E-state index is 4.19. The summed E-state index contributed by atoms with van der Waals surface area (Å²) >= 11 is 2.03. The summed E-state index contributed by atoms with van der Waals surface area (Å²) in [6, 6.07) is 0.549. The molecule has 1 unspecified atom stereocenters. The first kappa shape index (κ1) is 13.6. The number of nitrogens with one attached hydrogen (secondary N) is 1. The Morgan fingerprint density at radius 1 is 1.44 bits per heavy atom. The van der Waals surface area contributed by atoms with Crippen LogP contribution < -0.4 is 5.32 Å². The molecule has 0 spiro atoms. The molecule has 0 aliphatic carbocycles. The largest absolute Gasteiger partial charge is 0.316 e. The first-order valence-corrected chi connectivity index (χ1v) is 6.99. The molecule has 1 N–H and O–H groups in total. The van der Waals surface area contributed by atoms with Gasteiger partial charge in [-0.2, -0.15) is 16.9 Å². The summed E-state index contributed by atoms with van der Waals surface area (Å²) in [5.41, 5.74) is 1.31. The number of aryl methyl sites for hydroxylation is 1. The zero-order valence-corrected chi connectivity index (χ0v) is 11.5. The molecule has 16 heavy (non-hydrogen) atoms. The molecule has 1 rings (SSSR count). The van der Waals surface area contributed by atoms with Crippen molar-refractivity contribution in [2.45, 2.75) is 26.3 Å². The molecule has 0 radical (unpaired) electrons. The average molecular weight is 241 g/mol. The normalized spacial score (nSPS) is 13.3. The van der Waals surface area contributed by atoms with E-state index in [1.54, 1.807) is 0 Å². The number of hydrogen-bond donors (Lipinski definition) is 1. The Labute approximate surface area is 103 Å². The molecule has 0 amide bonds. The lowest BCUT2D eigenvalue weighted by Crippen LogP contribution is -2.30. The van der Waals surface area contributed by atoms with Crippen molar-refractivity contribution in [2.24, 2.45) is 13.0 Å². The second-order valence-electron chi connectivity index (χ2n) is 4.64. The van der Waals surface area contributed by atoms with Gasteiger partial charge in [0.25, 0.3) is 0 Å². The molecule has 0 aliphatic heterocycles. The minimum atomic E-state index is 0.549. The van der Waals surface area contributed by atoms with Gasteiger partial charge in [-0.3, -0.25) is 4.68 Å². The topological polar surface area (TPSA) is 29.9 Å². The van der Waals surface area contributed by atoms with Crippen LogP contribution in [0.5, 0.6) is 0 Å². The molecule has 1 aromatic heterocycles. The van der Waals surface area contributed by atoms with Crippen LogP contribution in [0.2, 0.25) is 0 Å². The average Bonchev–Trinajstić information content (AvgIpc) is 2.62. The van der Waals surface area contributed by atoms with E-state index in [0.29, 0.717) is 6.04 Å². The third kappa shape index (κ3) is 5.03. The molecular weight excluding hydrogens is 218 g/mol. The Kier molecular flexibility index (Phi) is 5.91. The first-order valence-electron chi connectivity index (χ1n) is 5.84. The predicted molar refractivity (Wildman–Crippen MR) is 71.9 cm³/mol. The Morgan fingerprint density at radius 2 is 2.19 bits per heavy atom. The Balaban J connectivity index is 2.31. The maximum Gasteiger partial charge on any atom is 0.0522 e. The SMILES string of the molecule is CNC(CSCC(C)C)Cc1cnn(C)c1. The van der Waals surface area contributed by atoms with E-state index in [1.165, 1.54) is 17.1 Å². The van der Waals surface area contributed by atoms with Crippen molar-refractivity contribution in [2.75, 3.05) is 18.6 Å². The Morgan fingerprint density at radius 3 is 2.69 bits per heavy atom. The van der Waals surface area contributed by atoms with E-state index in [-0.39, 0.29) is 0 Å². The minimum Gasteiger partial charge on any atom is -0.316 e. The summed E-state index contributed by atoms with van der Waals surface area (Å²) in [6.45, 7) is 4.53. The number of nitrogens with zero attached hydrogens (tertiary/aromatic N) is 2. The van der Waals surface area contributed by atoms with Crippen molar-refractivity contribution in [1.82, 2.24) is 15.1 Å². The third-order valence-corrected chi connectivity index (χ3v) is 3.96. The first-order chi connectivity index (χ1) is 7.61. The highest BCUT2D eigenvalue weighted by Crippen LogP contribution is 2.11. The molecule has 0 fully saturated rings. The van der Waals surface area contributed by atoms with Crippen molar-refractivity contribution in [3.05, 3.63) is 18.0 Å². The standard InChI is InChI=1S/C12H23N3S/c1-10(2)8-16-9-12(13-3)5-11-6-14-15(4)7-11/h6-7,10,12-13H,5,8-9H2,1-4H3. The van der Waals surface area contributed by atoms with Crippen LogP contribution in [0.25, 0.3) is 0 Å². The number of aromatic nitrogens is 2. The summed E-state index contributed by atoms with van der Waals surface area (Å²) in [4.78, 5) is 0. The lowest BCUT2D eigenvalue weighted by Gasteiger charge is -2.15. The molecule has 92 valence electrons. The van der Waals surface area contributed by atoms with E-state index in [4.69, 9.17) is 0 Å². The van der Waals surface area contributed by atoms with Crippen LogP contribution >= 0.6 is 11.8 Å². The van der Waals surface area contributed by atoms with Gasteiger partial charge in [0, 0.05) is 25.0 Å². The van der Waals surface area contributed by atoms with Gasteiger partial charge < -0.3 is 5.32 Å². The van der Waals surface area contributed by atoms with Crippen molar-refractivity contribution >= 4 is 11.8 Å². The van der Waals surface area contributed by atoms with E-state index in [1.807, 2.05) is 36.7 Å². The van der Waals surface area contributed by atoms with Gasteiger partial charge in [-0.1, -0.05) is 13.8 Å². The van der Waals surface area contributed by atoms with Gasteiger partial charge in [-0.15, -0.1) is 0 Å². The van der Waals surface area contributed by atoms with Gasteiger partial charge in [0.2, 0.25) is 0 Å². The minimum absolute atomic E-state index is 0.549. The summed E-state index contributed by atoms with van der Waals surface area (Å²) in [5, 5.41) is 7.57. The van der Waals surface area contributed by atoms with Crippen molar-refractivity contribution < 1.29 is 0 Å². The number of rotatable bonds is 7. The van der Waals surface area contributed by atoms with Gasteiger partial charge in [-0.25, -0.2) is 0 Å². The van der Waals surface area contributed by atoms with E-state index >= 15 is 0 Å². The van der Waals surface area contributed by atoms with Crippen LogP contribution in [0.4, 0.5) is 0 Å². The fourth-order valence-corrected chi connectivity index (χ4v) is 2.73. The highest BCUT2D eigenvalue weighted by molar-refractivity contribution is 7.99. The molecule has 4 heteroatoms. The summed E-state index contributed by atoms with van der Waals surface area (Å²) < 4.78 is 1.86. The van der Waals surface area contributed by atoms with Gasteiger partial charge in [0.1, 0.15) is 0 Å². The highest BCUT2D eigenvalue weighted by atomic mass is 32.2. The van der Waals surface area contributed by atoms with Gasteiger partial charge in [0.15, 0.2) is 0 Å². The lowest BCUT2D eigenvalue weighted by atomic mass is 10.1. The fourth-order valence-electron chi connectivity index (χ4n) is 1.55. The van der Waals surface area contributed by atoms with Gasteiger partial charge in [-0.05, 0) is 30.7 Å². The zero-order valence-electron chi connectivity index (χ0n) is 10.7.